The summed E-state index contributed by atoms with van der Waals surface area (Å²) in [4.78, 5) is 19.6. The van der Waals surface area contributed by atoms with Crippen LogP contribution in [0.4, 0.5) is 10.5 Å². The standard InChI is InChI=1S/C19H24N4O5S/c1-29(26,27)16-4-2-15(3-5-16)23-11-8-14(12-23)18-20-17(21-28-18)13-6-9-22(10-7-13)19(24)25/h2-5,13-14H,6-12H2,1H3,(H,24,25). The fourth-order valence-corrected chi connectivity index (χ4v) is 4.64. The largest absolute Gasteiger partial charge is 0.465 e. The lowest BCUT2D eigenvalue weighted by Gasteiger charge is -2.28. The van der Waals surface area contributed by atoms with Crippen LogP contribution in [0, 0.1) is 0 Å². The van der Waals surface area contributed by atoms with Crippen molar-refractivity contribution in [1.29, 1.82) is 0 Å². The number of benzene rings is 1. The van der Waals surface area contributed by atoms with E-state index < -0.39 is 15.9 Å². The quantitative estimate of drug-likeness (QED) is 0.801. The molecular formula is C19H24N4O5S. The molecule has 1 amide bonds. The van der Waals surface area contributed by atoms with E-state index in [2.05, 4.69) is 15.0 Å². The zero-order chi connectivity index (χ0) is 20.6. The Balaban J connectivity index is 1.38. The van der Waals surface area contributed by atoms with E-state index in [4.69, 9.17) is 9.63 Å². The predicted molar refractivity (Wildman–Crippen MR) is 105 cm³/mol. The minimum absolute atomic E-state index is 0.129. The Kier molecular flexibility index (Phi) is 5.20. The van der Waals surface area contributed by atoms with Gasteiger partial charge in [0.15, 0.2) is 15.7 Å². The Morgan fingerprint density at radius 2 is 1.76 bits per heavy atom. The van der Waals surface area contributed by atoms with Crippen molar-refractivity contribution >= 4 is 21.6 Å². The number of carbonyl (C=O) groups is 1. The van der Waals surface area contributed by atoms with Gasteiger partial charge in [-0.2, -0.15) is 4.98 Å². The van der Waals surface area contributed by atoms with Crippen molar-refractivity contribution in [2.45, 2.75) is 36.0 Å². The summed E-state index contributed by atoms with van der Waals surface area (Å²) in [5.74, 6) is 1.55. The van der Waals surface area contributed by atoms with Crippen LogP contribution in [-0.4, -0.2) is 67.1 Å². The van der Waals surface area contributed by atoms with Gasteiger partial charge in [0.25, 0.3) is 0 Å². The van der Waals surface area contributed by atoms with Crippen LogP contribution in [0.15, 0.2) is 33.7 Å². The first-order valence-corrected chi connectivity index (χ1v) is 11.6. The van der Waals surface area contributed by atoms with E-state index in [1.54, 1.807) is 12.1 Å². The Bertz CT molecular complexity index is 980. The summed E-state index contributed by atoms with van der Waals surface area (Å²) in [6.07, 6.45) is 2.61. The highest BCUT2D eigenvalue weighted by Gasteiger charge is 2.31. The third-order valence-electron chi connectivity index (χ3n) is 5.76. The fraction of sp³-hybridized carbons (Fsp3) is 0.526. The number of hydrogen-bond acceptors (Lipinski definition) is 7. The number of carboxylic acid groups (broad SMARTS) is 1. The number of sulfone groups is 1. The van der Waals surface area contributed by atoms with Gasteiger partial charge >= 0.3 is 6.09 Å². The molecule has 0 aliphatic carbocycles. The molecule has 2 aliphatic heterocycles. The lowest BCUT2D eigenvalue weighted by molar-refractivity contribution is 0.131. The van der Waals surface area contributed by atoms with Crippen molar-refractivity contribution in [2.24, 2.45) is 0 Å². The molecule has 29 heavy (non-hydrogen) atoms. The summed E-state index contributed by atoms with van der Waals surface area (Å²) in [5, 5.41) is 13.2. The van der Waals surface area contributed by atoms with Crippen molar-refractivity contribution in [3.05, 3.63) is 36.0 Å². The van der Waals surface area contributed by atoms with E-state index in [0.717, 1.165) is 25.2 Å². The molecule has 0 spiro atoms. The maximum Gasteiger partial charge on any atom is 0.407 e. The van der Waals surface area contributed by atoms with Gasteiger partial charge in [0, 0.05) is 44.0 Å². The molecule has 2 saturated heterocycles. The smallest absolute Gasteiger partial charge is 0.407 e. The number of anilines is 1. The molecular weight excluding hydrogens is 396 g/mol. The molecule has 9 nitrogen and oxygen atoms in total. The first-order valence-electron chi connectivity index (χ1n) is 9.67. The lowest BCUT2D eigenvalue weighted by atomic mass is 9.96. The van der Waals surface area contributed by atoms with Crippen LogP contribution in [0.5, 0.6) is 0 Å². The average Bonchev–Trinajstić information content (AvgIpc) is 3.37. The van der Waals surface area contributed by atoms with Crippen LogP contribution < -0.4 is 4.90 Å². The summed E-state index contributed by atoms with van der Waals surface area (Å²) >= 11 is 0. The number of likely N-dealkylation sites (tertiary alicyclic amines) is 1. The summed E-state index contributed by atoms with van der Waals surface area (Å²) < 4.78 is 28.8. The number of piperidine rings is 1. The molecule has 2 fully saturated rings. The second kappa shape index (κ2) is 7.66. The monoisotopic (exact) mass is 420 g/mol. The van der Waals surface area contributed by atoms with Crippen molar-refractivity contribution in [3.8, 4) is 0 Å². The highest BCUT2D eigenvalue weighted by molar-refractivity contribution is 7.90. The third kappa shape index (κ3) is 4.21. The second-order valence-electron chi connectivity index (χ2n) is 7.73. The van der Waals surface area contributed by atoms with Gasteiger partial charge in [-0.05, 0) is 43.5 Å². The van der Waals surface area contributed by atoms with Crippen molar-refractivity contribution in [1.82, 2.24) is 15.0 Å². The van der Waals surface area contributed by atoms with Crippen molar-refractivity contribution in [2.75, 3.05) is 37.3 Å². The van der Waals surface area contributed by atoms with E-state index >= 15 is 0 Å². The molecule has 1 aromatic carbocycles. The molecule has 1 N–H and O–H groups in total. The molecule has 1 unspecified atom stereocenters. The van der Waals surface area contributed by atoms with E-state index in [9.17, 15) is 13.2 Å². The lowest BCUT2D eigenvalue weighted by Crippen LogP contribution is -2.37. The first kappa shape index (κ1) is 19.7. The van der Waals surface area contributed by atoms with Gasteiger partial charge < -0.3 is 19.4 Å². The molecule has 4 rings (SSSR count). The fourth-order valence-electron chi connectivity index (χ4n) is 4.01. The normalized spacial score (nSPS) is 20.9. The number of amides is 1. The van der Waals surface area contributed by atoms with Crippen molar-refractivity contribution < 1.29 is 22.8 Å². The minimum atomic E-state index is -3.20. The average molecular weight is 420 g/mol. The van der Waals surface area contributed by atoms with E-state index in [1.807, 2.05) is 12.1 Å². The Labute approximate surface area is 169 Å². The van der Waals surface area contributed by atoms with Gasteiger partial charge in [-0.1, -0.05) is 5.16 Å². The molecule has 3 heterocycles. The van der Waals surface area contributed by atoms with Crippen LogP contribution in [0.25, 0.3) is 0 Å². The third-order valence-corrected chi connectivity index (χ3v) is 6.88. The van der Waals surface area contributed by atoms with Crippen molar-refractivity contribution in [3.63, 3.8) is 0 Å². The van der Waals surface area contributed by atoms with Crippen LogP contribution in [-0.2, 0) is 9.84 Å². The van der Waals surface area contributed by atoms with Crippen LogP contribution in [0.3, 0.4) is 0 Å². The predicted octanol–water partition coefficient (Wildman–Crippen LogP) is 2.32. The summed E-state index contributed by atoms with van der Waals surface area (Å²) in [6.45, 7) is 2.55. The van der Waals surface area contributed by atoms with Gasteiger partial charge in [0.2, 0.25) is 5.89 Å². The summed E-state index contributed by atoms with van der Waals surface area (Å²) in [5.41, 5.74) is 0.973. The first-order chi connectivity index (χ1) is 13.8. The maximum atomic E-state index is 11.6. The summed E-state index contributed by atoms with van der Waals surface area (Å²) in [7, 11) is -3.20. The molecule has 0 bridgehead atoms. The molecule has 156 valence electrons. The van der Waals surface area contributed by atoms with Crippen LogP contribution >= 0.6 is 0 Å². The van der Waals surface area contributed by atoms with Gasteiger partial charge in [0.05, 0.1) is 10.8 Å². The molecule has 1 aromatic heterocycles. The minimum Gasteiger partial charge on any atom is -0.465 e. The zero-order valence-corrected chi connectivity index (χ0v) is 17.0. The number of nitrogens with zero attached hydrogens (tertiary/aromatic N) is 4. The van der Waals surface area contributed by atoms with E-state index in [-0.39, 0.29) is 11.8 Å². The van der Waals surface area contributed by atoms with Crippen LogP contribution in [0.2, 0.25) is 0 Å². The van der Waals surface area contributed by atoms with Gasteiger partial charge in [0.1, 0.15) is 0 Å². The van der Waals surface area contributed by atoms with E-state index in [0.29, 0.717) is 42.5 Å². The molecule has 2 aliphatic rings. The Morgan fingerprint density at radius 3 is 2.38 bits per heavy atom. The zero-order valence-electron chi connectivity index (χ0n) is 16.2. The molecule has 0 saturated carbocycles. The molecule has 10 heteroatoms. The SMILES string of the molecule is CS(=O)(=O)c1ccc(N2CCC(c3nc(C4CCN(C(=O)O)CC4)no3)C2)cc1. The Hall–Kier alpha value is -2.62. The molecule has 1 atom stereocenters. The second-order valence-corrected chi connectivity index (χ2v) is 9.75. The van der Waals surface area contributed by atoms with E-state index in [1.165, 1.54) is 11.2 Å². The summed E-state index contributed by atoms with van der Waals surface area (Å²) in [6, 6.07) is 6.92. The Morgan fingerprint density at radius 1 is 1.10 bits per heavy atom. The topological polar surface area (TPSA) is 117 Å². The molecule has 0 radical (unpaired) electrons. The number of rotatable bonds is 4. The molecule has 2 aromatic rings. The number of aromatic nitrogens is 2. The van der Waals surface area contributed by atoms with Gasteiger partial charge in [-0.3, -0.25) is 0 Å². The van der Waals surface area contributed by atoms with Gasteiger partial charge in [-0.15, -0.1) is 0 Å². The number of hydrogen-bond donors (Lipinski definition) is 1. The van der Waals surface area contributed by atoms with Crippen LogP contribution in [0.1, 0.15) is 42.8 Å². The van der Waals surface area contributed by atoms with Gasteiger partial charge in [-0.25, -0.2) is 13.2 Å². The highest BCUT2D eigenvalue weighted by Crippen LogP contribution is 2.32. The highest BCUT2D eigenvalue weighted by atomic mass is 32.2. The maximum absolute atomic E-state index is 11.6.